The van der Waals surface area contributed by atoms with Crippen molar-refractivity contribution in [1.82, 2.24) is 24.5 Å². The number of halogens is 2. The zero-order valence-corrected chi connectivity index (χ0v) is 18.4. The summed E-state index contributed by atoms with van der Waals surface area (Å²) in [7, 11) is 0. The molecule has 2 aromatic heterocycles. The fourth-order valence-corrected chi connectivity index (χ4v) is 4.29. The van der Waals surface area contributed by atoms with Crippen molar-refractivity contribution in [2.75, 3.05) is 49.2 Å². The highest BCUT2D eigenvalue weighted by molar-refractivity contribution is 5.83. The molecule has 2 fully saturated rings. The van der Waals surface area contributed by atoms with Crippen molar-refractivity contribution in [3.05, 3.63) is 24.0 Å². The van der Waals surface area contributed by atoms with E-state index in [-0.39, 0.29) is 29.4 Å². The summed E-state index contributed by atoms with van der Waals surface area (Å²) >= 11 is 0. The summed E-state index contributed by atoms with van der Waals surface area (Å²) in [4.78, 5) is 21.7. The Morgan fingerprint density at radius 2 is 1.58 bits per heavy atom. The zero-order chi connectivity index (χ0) is 23.1. The van der Waals surface area contributed by atoms with Gasteiger partial charge >= 0.3 is 0 Å². The van der Waals surface area contributed by atoms with Gasteiger partial charge in [0, 0.05) is 26.2 Å². The summed E-state index contributed by atoms with van der Waals surface area (Å²) in [5.41, 5.74) is 0.357. The van der Waals surface area contributed by atoms with Crippen LogP contribution in [0.3, 0.4) is 0 Å². The Balaban J connectivity index is 1.69. The highest BCUT2D eigenvalue weighted by Gasteiger charge is 2.29. The van der Waals surface area contributed by atoms with Crippen LogP contribution in [-0.4, -0.2) is 81.2 Å². The Kier molecular flexibility index (Phi) is 5.71. The molecule has 2 atom stereocenters. The molecule has 2 unspecified atom stereocenters. The zero-order valence-electron chi connectivity index (χ0n) is 18.4. The number of phenolic OH excluding ortho intramolecular Hbond substituents is 1. The van der Waals surface area contributed by atoms with Crippen molar-refractivity contribution in [3.8, 4) is 11.7 Å². The van der Waals surface area contributed by atoms with Crippen LogP contribution in [0, 0.1) is 0 Å². The molecule has 5 rings (SSSR count). The van der Waals surface area contributed by atoms with Crippen LogP contribution >= 0.6 is 0 Å². The summed E-state index contributed by atoms with van der Waals surface area (Å²) in [6, 6.07) is 4.58. The number of alkyl halides is 2. The van der Waals surface area contributed by atoms with Crippen molar-refractivity contribution >= 4 is 22.9 Å². The van der Waals surface area contributed by atoms with E-state index >= 15 is 0 Å². The molecule has 176 valence electrons. The number of fused-ring (bicyclic) bond motifs is 1. The lowest BCUT2D eigenvalue weighted by atomic mass is 10.2. The van der Waals surface area contributed by atoms with E-state index in [4.69, 9.17) is 9.47 Å². The SMILES string of the molecule is CC1CN(c2nc(N3CCOCC3)nc(-n3c(C(F)F)nc4c(O)cccc43)n2)CC(C)O1. The average molecular weight is 461 g/mol. The fourth-order valence-electron chi connectivity index (χ4n) is 4.29. The Labute approximate surface area is 188 Å². The van der Waals surface area contributed by atoms with Crippen molar-refractivity contribution in [3.63, 3.8) is 0 Å². The summed E-state index contributed by atoms with van der Waals surface area (Å²) in [6.45, 7) is 7.24. The Bertz CT molecular complexity index is 1140. The van der Waals surface area contributed by atoms with Crippen molar-refractivity contribution in [1.29, 1.82) is 0 Å². The highest BCUT2D eigenvalue weighted by atomic mass is 19.3. The van der Waals surface area contributed by atoms with Gasteiger partial charge in [0.05, 0.1) is 30.9 Å². The first-order chi connectivity index (χ1) is 15.9. The van der Waals surface area contributed by atoms with E-state index in [0.717, 1.165) is 0 Å². The van der Waals surface area contributed by atoms with Gasteiger partial charge < -0.3 is 24.4 Å². The van der Waals surface area contributed by atoms with Gasteiger partial charge in [0.2, 0.25) is 17.8 Å². The number of phenols is 1. The summed E-state index contributed by atoms with van der Waals surface area (Å²) in [5, 5.41) is 10.2. The molecule has 0 aliphatic carbocycles. The number of hydrogen-bond acceptors (Lipinski definition) is 9. The molecule has 1 N–H and O–H groups in total. The number of rotatable bonds is 4. The van der Waals surface area contributed by atoms with Crippen molar-refractivity contribution in [2.24, 2.45) is 0 Å². The van der Waals surface area contributed by atoms with E-state index in [2.05, 4.69) is 19.9 Å². The van der Waals surface area contributed by atoms with Gasteiger partial charge in [-0.2, -0.15) is 15.0 Å². The molecule has 33 heavy (non-hydrogen) atoms. The number of nitrogens with zero attached hydrogens (tertiary/aromatic N) is 7. The molecule has 10 nitrogen and oxygen atoms in total. The third-order valence-corrected chi connectivity index (χ3v) is 5.68. The lowest BCUT2D eigenvalue weighted by molar-refractivity contribution is -0.00573. The molecule has 4 heterocycles. The van der Waals surface area contributed by atoms with Crippen LogP contribution in [-0.2, 0) is 9.47 Å². The van der Waals surface area contributed by atoms with E-state index in [9.17, 15) is 13.9 Å². The average Bonchev–Trinajstić information content (AvgIpc) is 3.20. The van der Waals surface area contributed by atoms with Gasteiger partial charge in [0.15, 0.2) is 5.82 Å². The van der Waals surface area contributed by atoms with Crippen LogP contribution in [0.2, 0.25) is 0 Å². The van der Waals surface area contributed by atoms with Crippen LogP contribution in [0.1, 0.15) is 26.1 Å². The standard InChI is InChI=1S/C21H25F2N7O3/c1-12-10-29(11-13(2)33-12)20-25-19(28-6-8-32-9-7-28)26-21(27-20)30-14-4-3-5-15(31)16(14)24-18(30)17(22)23/h3-5,12-13,17,31H,6-11H2,1-2H3. The van der Waals surface area contributed by atoms with E-state index in [0.29, 0.717) is 56.8 Å². The third kappa shape index (κ3) is 4.15. The highest BCUT2D eigenvalue weighted by Crippen LogP contribution is 2.32. The minimum atomic E-state index is -2.90. The first-order valence-electron chi connectivity index (χ1n) is 10.9. The number of aromatic hydroxyl groups is 1. The number of anilines is 2. The predicted molar refractivity (Wildman–Crippen MR) is 116 cm³/mol. The predicted octanol–water partition coefficient (Wildman–Crippen LogP) is 2.30. The fraction of sp³-hybridized carbons (Fsp3) is 0.524. The Morgan fingerprint density at radius 3 is 2.24 bits per heavy atom. The number of imidazole rings is 1. The van der Waals surface area contributed by atoms with Gasteiger partial charge in [0.25, 0.3) is 6.43 Å². The van der Waals surface area contributed by atoms with Crippen LogP contribution in [0.25, 0.3) is 17.0 Å². The maximum Gasteiger partial charge on any atom is 0.296 e. The topological polar surface area (TPSA) is 102 Å². The number of morpholine rings is 2. The maximum atomic E-state index is 14.0. The van der Waals surface area contributed by atoms with Crippen molar-refractivity contribution in [2.45, 2.75) is 32.5 Å². The molecule has 12 heteroatoms. The second-order valence-corrected chi connectivity index (χ2v) is 8.25. The van der Waals surface area contributed by atoms with E-state index in [1.807, 2.05) is 23.6 Å². The molecule has 0 bridgehead atoms. The summed E-state index contributed by atoms with van der Waals surface area (Å²) in [5.74, 6) is 0.0571. The van der Waals surface area contributed by atoms with Gasteiger partial charge in [-0.3, -0.25) is 4.57 Å². The molecular formula is C21H25F2N7O3. The summed E-state index contributed by atoms with van der Waals surface area (Å²) in [6.07, 6.45) is -2.97. The molecular weight excluding hydrogens is 436 g/mol. The van der Waals surface area contributed by atoms with E-state index in [1.165, 1.54) is 10.6 Å². The second-order valence-electron chi connectivity index (χ2n) is 8.25. The van der Waals surface area contributed by atoms with Gasteiger partial charge in [0.1, 0.15) is 11.3 Å². The molecule has 0 saturated carbocycles. The molecule has 2 aliphatic heterocycles. The minimum absolute atomic E-state index is 0.0247. The molecule has 2 aliphatic rings. The van der Waals surface area contributed by atoms with Crippen LogP contribution < -0.4 is 9.80 Å². The monoisotopic (exact) mass is 461 g/mol. The Hall–Kier alpha value is -3.12. The van der Waals surface area contributed by atoms with E-state index in [1.54, 1.807) is 12.1 Å². The van der Waals surface area contributed by atoms with E-state index < -0.39 is 12.2 Å². The molecule has 1 aromatic carbocycles. The number of hydrogen-bond donors (Lipinski definition) is 1. The number of ether oxygens (including phenoxy) is 2. The van der Waals surface area contributed by atoms with Crippen LogP contribution in [0.4, 0.5) is 20.7 Å². The number of aromatic nitrogens is 5. The lowest BCUT2D eigenvalue weighted by Gasteiger charge is -2.36. The molecule has 0 radical (unpaired) electrons. The van der Waals surface area contributed by atoms with Crippen LogP contribution in [0.5, 0.6) is 5.75 Å². The maximum absolute atomic E-state index is 14.0. The largest absolute Gasteiger partial charge is 0.506 e. The molecule has 3 aromatic rings. The lowest BCUT2D eigenvalue weighted by Crippen LogP contribution is -2.46. The first kappa shape index (κ1) is 21.7. The van der Waals surface area contributed by atoms with Gasteiger partial charge in [-0.25, -0.2) is 13.8 Å². The minimum Gasteiger partial charge on any atom is -0.506 e. The normalized spacial score (nSPS) is 21.8. The Morgan fingerprint density at radius 1 is 0.939 bits per heavy atom. The number of para-hydroxylation sites is 1. The van der Waals surface area contributed by atoms with Crippen molar-refractivity contribution < 1.29 is 23.4 Å². The van der Waals surface area contributed by atoms with Crippen LogP contribution in [0.15, 0.2) is 18.2 Å². The van der Waals surface area contributed by atoms with Gasteiger partial charge in [-0.05, 0) is 26.0 Å². The molecule has 0 spiro atoms. The second kappa shape index (κ2) is 8.67. The van der Waals surface area contributed by atoms with Gasteiger partial charge in [-0.1, -0.05) is 6.07 Å². The van der Waals surface area contributed by atoms with Gasteiger partial charge in [-0.15, -0.1) is 0 Å². The quantitative estimate of drug-likeness (QED) is 0.627. The smallest absolute Gasteiger partial charge is 0.296 e. The third-order valence-electron chi connectivity index (χ3n) is 5.68. The molecule has 0 amide bonds. The first-order valence-corrected chi connectivity index (χ1v) is 10.9. The molecule has 2 saturated heterocycles. The number of benzene rings is 1. The summed E-state index contributed by atoms with van der Waals surface area (Å²) < 4.78 is 40.5.